The van der Waals surface area contributed by atoms with Gasteiger partial charge in [-0.05, 0) is 46.8 Å². The molecule has 5 nitrogen and oxygen atoms in total. The van der Waals surface area contributed by atoms with Crippen molar-refractivity contribution in [3.8, 4) is 0 Å². The zero-order valence-corrected chi connectivity index (χ0v) is 18.8. The topological polar surface area (TPSA) is 57.7 Å². The summed E-state index contributed by atoms with van der Waals surface area (Å²) in [4.78, 5) is 44.1. The van der Waals surface area contributed by atoms with Crippen LogP contribution in [-0.4, -0.2) is 28.5 Å². The van der Waals surface area contributed by atoms with E-state index in [-0.39, 0.29) is 11.5 Å². The largest absolute Gasteiger partial charge is 0.416 e. The van der Waals surface area contributed by atoms with Crippen LogP contribution in [0.4, 0.5) is 18.9 Å². The third-order valence-electron chi connectivity index (χ3n) is 6.93. The molecule has 6 rings (SSSR count). The number of hydrogen-bond acceptors (Lipinski definition) is 5. The fraction of sp³-hybridized carbons (Fsp3) is 0.192. The second kappa shape index (κ2) is 7.64. The van der Waals surface area contributed by atoms with Crippen LogP contribution in [-0.2, 0) is 15.8 Å². The molecule has 0 unspecified atom stereocenters. The number of amides is 2. The van der Waals surface area contributed by atoms with Crippen LogP contribution in [0.5, 0.6) is 0 Å². The Morgan fingerprint density at radius 2 is 1.69 bits per heavy atom. The van der Waals surface area contributed by atoms with Gasteiger partial charge in [-0.3, -0.25) is 14.4 Å². The van der Waals surface area contributed by atoms with E-state index < -0.39 is 47.5 Å². The van der Waals surface area contributed by atoms with E-state index in [9.17, 15) is 27.6 Å². The summed E-state index contributed by atoms with van der Waals surface area (Å²) in [6, 6.07) is 13.5. The Morgan fingerprint density at radius 3 is 2.43 bits per heavy atom. The number of imide groups is 1. The minimum atomic E-state index is -4.63. The number of carbonyl (C=O) groups excluding carboxylic acids is 3. The Kier molecular flexibility index (Phi) is 4.76. The molecule has 0 saturated carbocycles. The molecule has 0 bridgehead atoms. The number of nitrogens with zero attached hydrogens (tertiary/aromatic N) is 2. The molecule has 176 valence electrons. The fourth-order valence-electron chi connectivity index (χ4n) is 5.50. The van der Waals surface area contributed by atoms with E-state index in [4.69, 9.17) is 0 Å². The van der Waals surface area contributed by atoms with E-state index in [1.807, 2.05) is 30.3 Å². The molecule has 0 spiro atoms. The maximum atomic E-state index is 13.7. The van der Waals surface area contributed by atoms with Gasteiger partial charge in [0.15, 0.2) is 5.78 Å². The minimum Gasteiger partial charge on any atom is -0.358 e. The van der Waals surface area contributed by atoms with Crippen LogP contribution in [0.1, 0.15) is 32.4 Å². The molecular formula is C26H17F3N2O3S. The number of anilines is 1. The Bertz CT molecular complexity index is 1400. The van der Waals surface area contributed by atoms with Crippen molar-refractivity contribution in [3.63, 3.8) is 0 Å². The molecule has 0 radical (unpaired) electrons. The summed E-state index contributed by atoms with van der Waals surface area (Å²) < 4.78 is 40.0. The highest BCUT2D eigenvalue weighted by Gasteiger charge is 2.64. The van der Waals surface area contributed by atoms with Gasteiger partial charge in [-0.15, -0.1) is 11.3 Å². The molecule has 4 atom stereocenters. The van der Waals surface area contributed by atoms with Crippen LogP contribution in [0.15, 0.2) is 72.2 Å². The summed E-state index contributed by atoms with van der Waals surface area (Å²) in [6.45, 7) is 0. The monoisotopic (exact) mass is 494 g/mol. The third kappa shape index (κ3) is 3.18. The Hall–Kier alpha value is -3.72. The van der Waals surface area contributed by atoms with E-state index in [0.717, 1.165) is 28.2 Å². The van der Waals surface area contributed by atoms with Gasteiger partial charge in [0.2, 0.25) is 11.8 Å². The van der Waals surface area contributed by atoms with Crippen molar-refractivity contribution in [1.29, 1.82) is 0 Å². The molecule has 35 heavy (non-hydrogen) atoms. The first-order chi connectivity index (χ1) is 16.8. The van der Waals surface area contributed by atoms with Crippen LogP contribution in [0, 0.1) is 11.8 Å². The lowest BCUT2D eigenvalue weighted by molar-refractivity contribution is -0.137. The zero-order valence-electron chi connectivity index (χ0n) is 18.0. The average Bonchev–Trinajstić information content (AvgIpc) is 3.55. The summed E-state index contributed by atoms with van der Waals surface area (Å²) >= 11 is 1.25. The summed E-state index contributed by atoms with van der Waals surface area (Å²) in [5, 5.41) is 1.76. The molecule has 4 heterocycles. The highest BCUT2D eigenvalue weighted by atomic mass is 32.1. The number of thiophene rings is 1. The van der Waals surface area contributed by atoms with Crippen LogP contribution in [0.25, 0.3) is 6.08 Å². The lowest BCUT2D eigenvalue weighted by atomic mass is 9.84. The molecule has 3 aliphatic heterocycles. The molecule has 9 heteroatoms. The van der Waals surface area contributed by atoms with E-state index in [1.165, 1.54) is 23.5 Å². The first-order valence-corrected chi connectivity index (χ1v) is 11.8. The van der Waals surface area contributed by atoms with Crippen LogP contribution < -0.4 is 4.90 Å². The molecule has 1 aromatic heterocycles. The number of carbonyl (C=O) groups is 3. The normalized spacial score (nSPS) is 25.0. The van der Waals surface area contributed by atoms with Crippen molar-refractivity contribution in [2.24, 2.45) is 11.8 Å². The highest BCUT2D eigenvalue weighted by molar-refractivity contribution is 7.12. The molecule has 2 saturated heterocycles. The number of rotatable bonds is 3. The molecule has 2 aromatic carbocycles. The van der Waals surface area contributed by atoms with Gasteiger partial charge >= 0.3 is 6.18 Å². The lowest BCUT2D eigenvalue weighted by Gasteiger charge is -2.35. The highest BCUT2D eigenvalue weighted by Crippen LogP contribution is 2.54. The van der Waals surface area contributed by atoms with Gasteiger partial charge in [0, 0.05) is 6.20 Å². The van der Waals surface area contributed by atoms with Gasteiger partial charge in [0.05, 0.1) is 34.0 Å². The summed E-state index contributed by atoms with van der Waals surface area (Å²) in [5.41, 5.74) is 0.581. The Balaban J connectivity index is 1.49. The number of alkyl halides is 3. The predicted molar refractivity (Wildman–Crippen MR) is 123 cm³/mol. The molecule has 2 amide bonds. The minimum absolute atomic E-state index is 0.141. The molecule has 0 N–H and O–H groups in total. The molecule has 3 aromatic rings. The van der Waals surface area contributed by atoms with E-state index in [1.54, 1.807) is 28.6 Å². The van der Waals surface area contributed by atoms with Gasteiger partial charge in [-0.1, -0.05) is 36.4 Å². The maximum Gasteiger partial charge on any atom is 0.416 e. The van der Waals surface area contributed by atoms with Crippen molar-refractivity contribution in [2.45, 2.75) is 18.3 Å². The van der Waals surface area contributed by atoms with Gasteiger partial charge in [0.1, 0.15) is 6.04 Å². The predicted octanol–water partition coefficient (Wildman–Crippen LogP) is 5.17. The van der Waals surface area contributed by atoms with Gasteiger partial charge in [0.25, 0.3) is 0 Å². The Morgan fingerprint density at radius 1 is 0.914 bits per heavy atom. The second-order valence-electron chi connectivity index (χ2n) is 8.73. The number of fused-ring (bicyclic) bond motifs is 5. The summed E-state index contributed by atoms with van der Waals surface area (Å²) in [5.74, 6) is -3.46. The van der Waals surface area contributed by atoms with Gasteiger partial charge < -0.3 is 4.90 Å². The van der Waals surface area contributed by atoms with Gasteiger partial charge in [-0.2, -0.15) is 13.2 Å². The molecule has 2 fully saturated rings. The quantitative estimate of drug-likeness (QED) is 0.373. The van der Waals surface area contributed by atoms with Crippen LogP contribution in [0.2, 0.25) is 0 Å². The first-order valence-electron chi connectivity index (χ1n) is 10.9. The Labute approximate surface area is 202 Å². The summed E-state index contributed by atoms with van der Waals surface area (Å²) in [6.07, 6.45) is -1.03. The third-order valence-corrected chi connectivity index (χ3v) is 7.81. The standard InChI is InChI=1S/C26H17F3N2O3S/c27-26(28,29)15-6-3-7-16(13-15)31-24(33)19-20(25(31)34)22(23(32)18-9-4-12-35-18)30-11-10-14-5-1-2-8-17(14)21(19)30/h1-13,19-22H/t19-,20-,21+,22+/m1/s1. The number of Topliss-reactive ketones (excluding diaryl/α,β-unsaturated/α-hetero) is 1. The van der Waals surface area contributed by atoms with Crippen molar-refractivity contribution in [3.05, 3.63) is 93.8 Å². The molecular weight excluding hydrogens is 477 g/mol. The van der Waals surface area contributed by atoms with Gasteiger partial charge in [-0.25, -0.2) is 4.90 Å². The van der Waals surface area contributed by atoms with Crippen molar-refractivity contribution in [2.75, 3.05) is 4.90 Å². The SMILES string of the molecule is O=C(c1cccs1)[C@@H]1[C@@H]2C(=O)N(c3cccc(C(F)(F)F)c3)C(=O)[C@H]2[C@@H]2c3ccccc3C=CN12. The number of benzene rings is 2. The van der Waals surface area contributed by atoms with Crippen molar-refractivity contribution < 1.29 is 27.6 Å². The number of ketones is 1. The maximum absolute atomic E-state index is 13.7. The smallest absolute Gasteiger partial charge is 0.358 e. The summed E-state index contributed by atoms with van der Waals surface area (Å²) in [7, 11) is 0. The van der Waals surface area contributed by atoms with Crippen LogP contribution >= 0.6 is 11.3 Å². The molecule has 0 aliphatic carbocycles. The van der Waals surface area contributed by atoms with E-state index in [2.05, 4.69) is 0 Å². The van der Waals surface area contributed by atoms with E-state index >= 15 is 0 Å². The lowest BCUT2D eigenvalue weighted by Crippen LogP contribution is -2.44. The second-order valence-corrected chi connectivity index (χ2v) is 9.68. The first kappa shape index (κ1) is 21.8. The van der Waals surface area contributed by atoms with E-state index in [0.29, 0.717) is 4.88 Å². The van der Waals surface area contributed by atoms with Crippen molar-refractivity contribution >= 4 is 40.7 Å². The number of hydrogen-bond donors (Lipinski definition) is 0. The average molecular weight is 494 g/mol. The fourth-order valence-corrected chi connectivity index (χ4v) is 6.20. The van der Waals surface area contributed by atoms with Crippen LogP contribution in [0.3, 0.4) is 0 Å². The zero-order chi connectivity index (χ0) is 24.5. The molecule has 3 aliphatic rings. The van der Waals surface area contributed by atoms with Crippen molar-refractivity contribution in [1.82, 2.24) is 4.90 Å². The number of halogens is 3.